The van der Waals surface area contributed by atoms with Crippen molar-refractivity contribution < 1.29 is 4.79 Å². The minimum absolute atomic E-state index is 0.0539. The smallest absolute Gasteiger partial charge is 0.272 e. The van der Waals surface area contributed by atoms with Crippen molar-refractivity contribution >= 4 is 5.91 Å². The van der Waals surface area contributed by atoms with E-state index in [1.807, 2.05) is 20.8 Å². The molecule has 0 aliphatic carbocycles. The molecule has 0 bridgehead atoms. The molecule has 4 heteroatoms. The van der Waals surface area contributed by atoms with E-state index in [1.165, 1.54) is 0 Å². The average Bonchev–Trinajstić information content (AvgIpc) is 2.27. The van der Waals surface area contributed by atoms with E-state index in [9.17, 15) is 4.79 Å². The van der Waals surface area contributed by atoms with Crippen LogP contribution in [-0.4, -0.2) is 34.4 Å². The monoisotopic (exact) mass is 207 g/mol. The highest BCUT2D eigenvalue weighted by Gasteiger charge is 2.13. The maximum Gasteiger partial charge on any atom is 0.272 e. The number of hydrogen-bond donors (Lipinski definition) is 0. The zero-order chi connectivity index (χ0) is 11.4. The third-order valence-electron chi connectivity index (χ3n) is 2.23. The summed E-state index contributed by atoms with van der Waals surface area (Å²) in [5.74, 6) is 0.900. The van der Waals surface area contributed by atoms with Crippen molar-refractivity contribution in [3.05, 3.63) is 23.8 Å². The standard InChI is InChI=1S/C11H17N3O/c1-5-14(4)11(15)9-6-7-12-10(13-9)8(2)3/h6-8H,5H2,1-4H3. The maximum atomic E-state index is 11.8. The van der Waals surface area contributed by atoms with Crippen LogP contribution in [0.25, 0.3) is 0 Å². The number of hydrogen-bond acceptors (Lipinski definition) is 3. The second kappa shape index (κ2) is 4.87. The van der Waals surface area contributed by atoms with Gasteiger partial charge in [0.1, 0.15) is 11.5 Å². The Bertz CT molecular complexity index is 349. The fourth-order valence-electron chi connectivity index (χ4n) is 1.11. The molecule has 0 aliphatic heterocycles. The van der Waals surface area contributed by atoms with E-state index in [1.54, 1.807) is 24.2 Å². The van der Waals surface area contributed by atoms with Crippen molar-refractivity contribution in [2.45, 2.75) is 26.7 Å². The lowest BCUT2D eigenvalue weighted by molar-refractivity contribution is 0.0796. The molecular formula is C11H17N3O. The summed E-state index contributed by atoms with van der Waals surface area (Å²) in [5.41, 5.74) is 0.470. The van der Waals surface area contributed by atoms with Gasteiger partial charge < -0.3 is 4.90 Å². The zero-order valence-electron chi connectivity index (χ0n) is 9.69. The van der Waals surface area contributed by atoms with E-state index in [0.29, 0.717) is 18.1 Å². The molecule has 0 unspecified atom stereocenters. The van der Waals surface area contributed by atoms with Gasteiger partial charge in [-0.05, 0) is 13.0 Å². The van der Waals surface area contributed by atoms with Gasteiger partial charge in [0, 0.05) is 25.7 Å². The highest BCUT2D eigenvalue weighted by Crippen LogP contribution is 2.09. The van der Waals surface area contributed by atoms with Crippen LogP contribution in [0.4, 0.5) is 0 Å². The molecule has 0 N–H and O–H groups in total. The summed E-state index contributed by atoms with van der Waals surface area (Å²) in [6.45, 7) is 6.63. The fraction of sp³-hybridized carbons (Fsp3) is 0.545. The molecule has 4 nitrogen and oxygen atoms in total. The molecule has 0 spiro atoms. The number of aromatic nitrogens is 2. The van der Waals surface area contributed by atoms with Crippen molar-refractivity contribution in [2.75, 3.05) is 13.6 Å². The Morgan fingerprint density at radius 1 is 1.53 bits per heavy atom. The van der Waals surface area contributed by atoms with Crippen molar-refractivity contribution in [1.82, 2.24) is 14.9 Å². The van der Waals surface area contributed by atoms with E-state index in [4.69, 9.17) is 0 Å². The van der Waals surface area contributed by atoms with Crippen molar-refractivity contribution in [1.29, 1.82) is 0 Å². The van der Waals surface area contributed by atoms with E-state index in [0.717, 1.165) is 0 Å². The maximum absolute atomic E-state index is 11.8. The Morgan fingerprint density at radius 2 is 2.20 bits per heavy atom. The van der Waals surface area contributed by atoms with E-state index < -0.39 is 0 Å². The summed E-state index contributed by atoms with van der Waals surface area (Å²) >= 11 is 0. The second-order valence-corrected chi connectivity index (χ2v) is 3.77. The van der Waals surface area contributed by atoms with Crippen LogP contribution in [0.15, 0.2) is 12.3 Å². The van der Waals surface area contributed by atoms with Gasteiger partial charge in [0.15, 0.2) is 0 Å². The van der Waals surface area contributed by atoms with Crippen LogP contribution in [0.3, 0.4) is 0 Å². The molecule has 0 saturated carbocycles. The molecule has 0 aromatic carbocycles. The first-order chi connectivity index (χ1) is 7.06. The molecule has 1 amide bonds. The summed E-state index contributed by atoms with van der Waals surface area (Å²) in [7, 11) is 1.76. The molecule has 82 valence electrons. The van der Waals surface area contributed by atoms with E-state index >= 15 is 0 Å². The lowest BCUT2D eigenvalue weighted by Crippen LogP contribution is -2.27. The molecule has 0 atom stereocenters. The number of nitrogens with zero attached hydrogens (tertiary/aromatic N) is 3. The fourth-order valence-corrected chi connectivity index (χ4v) is 1.11. The summed E-state index contributed by atoms with van der Waals surface area (Å²) in [6, 6.07) is 1.65. The minimum atomic E-state index is -0.0539. The molecule has 0 radical (unpaired) electrons. The van der Waals surface area contributed by atoms with Crippen LogP contribution < -0.4 is 0 Å². The van der Waals surface area contributed by atoms with E-state index in [2.05, 4.69) is 9.97 Å². The van der Waals surface area contributed by atoms with Crippen LogP contribution in [0.5, 0.6) is 0 Å². The molecule has 1 aromatic heterocycles. The van der Waals surface area contributed by atoms with Crippen molar-refractivity contribution in [2.24, 2.45) is 0 Å². The summed E-state index contributed by atoms with van der Waals surface area (Å²) < 4.78 is 0. The Labute approximate surface area is 90.3 Å². The molecule has 15 heavy (non-hydrogen) atoms. The van der Waals surface area contributed by atoms with Gasteiger partial charge in [0.05, 0.1) is 0 Å². The SMILES string of the molecule is CCN(C)C(=O)c1ccnc(C(C)C)n1. The van der Waals surface area contributed by atoms with Gasteiger partial charge in [-0.3, -0.25) is 4.79 Å². The molecule has 0 aliphatic rings. The van der Waals surface area contributed by atoms with Gasteiger partial charge in [0.25, 0.3) is 5.91 Å². The van der Waals surface area contributed by atoms with Crippen LogP contribution in [0.2, 0.25) is 0 Å². The largest absolute Gasteiger partial charge is 0.341 e. The summed E-state index contributed by atoms with van der Waals surface area (Å²) in [4.78, 5) is 21.8. The topological polar surface area (TPSA) is 46.1 Å². The van der Waals surface area contributed by atoms with Crippen molar-refractivity contribution in [3.63, 3.8) is 0 Å². The van der Waals surface area contributed by atoms with Crippen LogP contribution in [0, 0.1) is 0 Å². The molecule has 1 aromatic rings. The average molecular weight is 207 g/mol. The van der Waals surface area contributed by atoms with Gasteiger partial charge in [-0.15, -0.1) is 0 Å². The second-order valence-electron chi connectivity index (χ2n) is 3.77. The third kappa shape index (κ3) is 2.75. The number of carbonyl (C=O) groups is 1. The zero-order valence-corrected chi connectivity index (χ0v) is 9.69. The molecular weight excluding hydrogens is 190 g/mol. The summed E-state index contributed by atoms with van der Waals surface area (Å²) in [5, 5.41) is 0. The normalized spacial score (nSPS) is 10.5. The van der Waals surface area contributed by atoms with Gasteiger partial charge >= 0.3 is 0 Å². The van der Waals surface area contributed by atoms with Crippen LogP contribution >= 0.6 is 0 Å². The van der Waals surface area contributed by atoms with Gasteiger partial charge in [-0.2, -0.15) is 0 Å². The Morgan fingerprint density at radius 3 is 2.73 bits per heavy atom. The lowest BCUT2D eigenvalue weighted by atomic mass is 10.2. The Kier molecular flexibility index (Phi) is 3.77. The van der Waals surface area contributed by atoms with Crippen molar-refractivity contribution in [3.8, 4) is 0 Å². The van der Waals surface area contributed by atoms with Gasteiger partial charge in [0.2, 0.25) is 0 Å². The first kappa shape index (κ1) is 11.6. The first-order valence-corrected chi connectivity index (χ1v) is 5.14. The van der Waals surface area contributed by atoms with Gasteiger partial charge in [-0.25, -0.2) is 9.97 Å². The Balaban J connectivity index is 2.95. The molecule has 1 heterocycles. The predicted molar refractivity (Wildman–Crippen MR) is 58.8 cm³/mol. The number of rotatable bonds is 3. The predicted octanol–water partition coefficient (Wildman–Crippen LogP) is 1.69. The minimum Gasteiger partial charge on any atom is -0.341 e. The number of amides is 1. The molecule has 0 saturated heterocycles. The van der Waals surface area contributed by atoms with Crippen LogP contribution in [0.1, 0.15) is 43.0 Å². The number of carbonyl (C=O) groups excluding carboxylic acids is 1. The molecule has 0 fully saturated rings. The van der Waals surface area contributed by atoms with Gasteiger partial charge in [-0.1, -0.05) is 13.8 Å². The highest BCUT2D eigenvalue weighted by atomic mass is 16.2. The van der Waals surface area contributed by atoms with Crippen LogP contribution in [-0.2, 0) is 0 Å². The Hall–Kier alpha value is -1.45. The third-order valence-corrected chi connectivity index (χ3v) is 2.23. The summed E-state index contributed by atoms with van der Waals surface area (Å²) in [6.07, 6.45) is 1.64. The lowest BCUT2D eigenvalue weighted by Gasteiger charge is -2.14. The quantitative estimate of drug-likeness (QED) is 0.757. The molecule has 1 rings (SSSR count). The van der Waals surface area contributed by atoms with E-state index in [-0.39, 0.29) is 11.8 Å². The highest BCUT2D eigenvalue weighted by molar-refractivity contribution is 5.91. The first-order valence-electron chi connectivity index (χ1n) is 5.14.